The molecule has 0 radical (unpaired) electrons. The molecule has 0 amide bonds. The standard InChI is InChI=1S/C6H7N3O4/c10-6(11)2-4-8-3-1-5(7-8)9(12)13/h1,3H,2,4H2,(H,10,11). The molecule has 0 atom stereocenters. The Morgan fingerprint density at radius 2 is 2.46 bits per heavy atom. The number of aliphatic carboxylic acids is 1. The Labute approximate surface area is 72.7 Å². The Kier molecular flexibility index (Phi) is 2.58. The molecule has 70 valence electrons. The highest BCUT2D eigenvalue weighted by Crippen LogP contribution is 2.05. The lowest BCUT2D eigenvalue weighted by Crippen LogP contribution is -2.05. The van der Waals surface area contributed by atoms with Crippen LogP contribution in [0.3, 0.4) is 0 Å². The molecule has 1 aromatic heterocycles. The van der Waals surface area contributed by atoms with Crippen molar-refractivity contribution in [3.05, 3.63) is 22.4 Å². The number of hydrogen-bond donors (Lipinski definition) is 1. The largest absolute Gasteiger partial charge is 0.481 e. The zero-order valence-electron chi connectivity index (χ0n) is 6.58. The maximum atomic E-state index is 10.2. The first kappa shape index (κ1) is 9.17. The summed E-state index contributed by atoms with van der Waals surface area (Å²) in [6.45, 7) is 0.142. The first-order valence-corrected chi connectivity index (χ1v) is 3.49. The van der Waals surface area contributed by atoms with E-state index in [2.05, 4.69) is 5.10 Å². The normalized spacial score (nSPS) is 9.85. The van der Waals surface area contributed by atoms with Crippen LogP contribution in [0.25, 0.3) is 0 Å². The van der Waals surface area contributed by atoms with Crippen LogP contribution in [-0.2, 0) is 11.3 Å². The van der Waals surface area contributed by atoms with Crippen LogP contribution in [0.15, 0.2) is 12.3 Å². The molecule has 0 saturated carbocycles. The minimum absolute atomic E-state index is 0.0984. The zero-order chi connectivity index (χ0) is 9.84. The van der Waals surface area contributed by atoms with Crippen molar-refractivity contribution in [1.29, 1.82) is 0 Å². The number of nitrogens with zero attached hydrogens (tertiary/aromatic N) is 3. The summed E-state index contributed by atoms with van der Waals surface area (Å²) < 4.78 is 1.23. The van der Waals surface area contributed by atoms with E-state index in [1.807, 2.05) is 0 Å². The van der Waals surface area contributed by atoms with Crippen molar-refractivity contribution in [2.45, 2.75) is 13.0 Å². The molecule has 0 aliphatic heterocycles. The molecule has 1 N–H and O–H groups in total. The van der Waals surface area contributed by atoms with Crippen LogP contribution < -0.4 is 0 Å². The van der Waals surface area contributed by atoms with Gasteiger partial charge in [0.05, 0.1) is 30.3 Å². The lowest BCUT2D eigenvalue weighted by atomic mass is 10.4. The van der Waals surface area contributed by atoms with Crippen LogP contribution in [0.1, 0.15) is 6.42 Å². The number of aromatic nitrogens is 2. The third-order valence-electron chi connectivity index (χ3n) is 1.37. The Balaban J connectivity index is 2.59. The highest BCUT2D eigenvalue weighted by molar-refractivity contribution is 5.66. The van der Waals surface area contributed by atoms with Gasteiger partial charge in [-0.3, -0.25) is 4.79 Å². The van der Waals surface area contributed by atoms with E-state index in [9.17, 15) is 14.9 Å². The molecular formula is C6H7N3O4. The molecule has 1 heterocycles. The van der Waals surface area contributed by atoms with Gasteiger partial charge in [0.25, 0.3) is 0 Å². The second-order valence-corrected chi connectivity index (χ2v) is 2.34. The number of hydrogen-bond acceptors (Lipinski definition) is 4. The fourth-order valence-corrected chi connectivity index (χ4v) is 0.783. The molecule has 1 rings (SSSR count). The highest BCUT2D eigenvalue weighted by atomic mass is 16.6. The van der Waals surface area contributed by atoms with Gasteiger partial charge in [0.2, 0.25) is 0 Å². The van der Waals surface area contributed by atoms with Crippen LogP contribution >= 0.6 is 0 Å². The highest BCUT2D eigenvalue weighted by Gasteiger charge is 2.10. The SMILES string of the molecule is O=C(O)CCn1ccc([N+](=O)[O-])n1. The van der Waals surface area contributed by atoms with E-state index < -0.39 is 10.9 Å². The Bertz CT molecular complexity index is 332. The van der Waals surface area contributed by atoms with Gasteiger partial charge in [-0.25, -0.2) is 0 Å². The minimum Gasteiger partial charge on any atom is -0.481 e. The van der Waals surface area contributed by atoms with Crippen molar-refractivity contribution in [1.82, 2.24) is 9.78 Å². The Morgan fingerprint density at radius 1 is 1.77 bits per heavy atom. The molecule has 0 unspecified atom stereocenters. The van der Waals surface area contributed by atoms with Gasteiger partial charge in [-0.1, -0.05) is 0 Å². The van der Waals surface area contributed by atoms with E-state index in [4.69, 9.17) is 5.11 Å². The first-order chi connectivity index (χ1) is 6.09. The smallest absolute Gasteiger partial charge is 0.389 e. The lowest BCUT2D eigenvalue weighted by molar-refractivity contribution is -0.389. The molecule has 0 aliphatic rings. The van der Waals surface area contributed by atoms with Crippen molar-refractivity contribution in [2.75, 3.05) is 0 Å². The molecular weight excluding hydrogens is 178 g/mol. The van der Waals surface area contributed by atoms with Crippen LogP contribution in [0, 0.1) is 10.1 Å². The Morgan fingerprint density at radius 3 is 2.92 bits per heavy atom. The topological polar surface area (TPSA) is 98.3 Å². The fraction of sp³-hybridized carbons (Fsp3) is 0.333. The monoisotopic (exact) mass is 185 g/mol. The molecule has 13 heavy (non-hydrogen) atoms. The predicted octanol–water partition coefficient (Wildman–Crippen LogP) is 0.266. The molecule has 0 fully saturated rings. The molecule has 7 heteroatoms. The number of carbonyl (C=O) groups is 1. The molecule has 1 aromatic rings. The quantitative estimate of drug-likeness (QED) is 0.536. The molecule has 0 aliphatic carbocycles. The van der Waals surface area contributed by atoms with Crippen molar-refractivity contribution < 1.29 is 14.8 Å². The first-order valence-electron chi connectivity index (χ1n) is 3.49. The van der Waals surface area contributed by atoms with E-state index in [1.165, 1.54) is 16.9 Å². The number of carboxylic acids is 1. The van der Waals surface area contributed by atoms with Crippen molar-refractivity contribution in [3.8, 4) is 0 Å². The van der Waals surface area contributed by atoms with Gasteiger partial charge in [0, 0.05) is 0 Å². The zero-order valence-corrected chi connectivity index (χ0v) is 6.58. The fourth-order valence-electron chi connectivity index (χ4n) is 0.783. The summed E-state index contributed by atoms with van der Waals surface area (Å²) in [7, 11) is 0. The summed E-state index contributed by atoms with van der Waals surface area (Å²) in [5.74, 6) is -1.23. The van der Waals surface area contributed by atoms with Gasteiger partial charge >= 0.3 is 11.8 Å². The van der Waals surface area contributed by atoms with Gasteiger partial charge in [0.15, 0.2) is 0 Å². The van der Waals surface area contributed by atoms with Crippen LogP contribution in [0.5, 0.6) is 0 Å². The second kappa shape index (κ2) is 3.65. The van der Waals surface area contributed by atoms with E-state index >= 15 is 0 Å². The maximum absolute atomic E-state index is 10.2. The minimum atomic E-state index is -0.960. The summed E-state index contributed by atoms with van der Waals surface area (Å²) in [5, 5.41) is 22.0. The van der Waals surface area contributed by atoms with Gasteiger partial charge in [0.1, 0.15) is 0 Å². The maximum Gasteiger partial charge on any atom is 0.389 e. The molecule has 7 nitrogen and oxygen atoms in total. The van der Waals surface area contributed by atoms with E-state index in [-0.39, 0.29) is 18.8 Å². The van der Waals surface area contributed by atoms with Crippen molar-refractivity contribution >= 4 is 11.8 Å². The summed E-state index contributed by atoms with van der Waals surface area (Å²) in [5.41, 5.74) is 0. The number of rotatable bonds is 4. The van der Waals surface area contributed by atoms with Gasteiger partial charge in [-0.05, 0) is 4.92 Å². The second-order valence-electron chi connectivity index (χ2n) is 2.34. The van der Waals surface area contributed by atoms with E-state index in [0.717, 1.165) is 0 Å². The third kappa shape index (κ3) is 2.55. The average molecular weight is 185 g/mol. The van der Waals surface area contributed by atoms with Crippen LogP contribution in [0.2, 0.25) is 0 Å². The summed E-state index contributed by atoms with van der Waals surface area (Å²) in [6.07, 6.45) is 1.28. The number of nitro groups is 1. The van der Waals surface area contributed by atoms with Gasteiger partial charge in [-0.15, -0.1) is 0 Å². The number of carboxylic acid groups (broad SMARTS) is 1. The van der Waals surface area contributed by atoms with Crippen LogP contribution in [-0.4, -0.2) is 25.8 Å². The van der Waals surface area contributed by atoms with Crippen LogP contribution in [0.4, 0.5) is 5.82 Å². The Hall–Kier alpha value is -1.92. The predicted molar refractivity (Wildman–Crippen MR) is 41.1 cm³/mol. The van der Waals surface area contributed by atoms with Gasteiger partial charge in [-0.2, -0.15) is 4.68 Å². The van der Waals surface area contributed by atoms with E-state index in [1.54, 1.807) is 0 Å². The van der Waals surface area contributed by atoms with E-state index in [0.29, 0.717) is 0 Å². The van der Waals surface area contributed by atoms with Crippen molar-refractivity contribution in [2.24, 2.45) is 0 Å². The molecule has 0 saturated heterocycles. The van der Waals surface area contributed by atoms with Gasteiger partial charge < -0.3 is 15.2 Å². The lowest BCUT2D eigenvalue weighted by Gasteiger charge is -1.90. The summed E-state index contributed by atoms with van der Waals surface area (Å²) in [4.78, 5) is 19.7. The molecule has 0 aromatic carbocycles. The average Bonchev–Trinajstić information content (AvgIpc) is 2.48. The summed E-state index contributed by atoms with van der Waals surface area (Å²) >= 11 is 0. The molecule has 0 spiro atoms. The number of aryl methyl sites for hydroxylation is 1. The molecule has 0 bridgehead atoms. The van der Waals surface area contributed by atoms with Crippen molar-refractivity contribution in [3.63, 3.8) is 0 Å². The summed E-state index contributed by atoms with van der Waals surface area (Å²) in [6, 6.07) is 1.22. The third-order valence-corrected chi connectivity index (χ3v) is 1.37.